The van der Waals surface area contributed by atoms with Gasteiger partial charge in [0.05, 0.1) is 6.42 Å². The summed E-state index contributed by atoms with van der Waals surface area (Å²) in [5.41, 5.74) is 2.76. The molecule has 2 N–H and O–H groups in total. The van der Waals surface area contributed by atoms with Gasteiger partial charge in [0.2, 0.25) is 11.8 Å². The summed E-state index contributed by atoms with van der Waals surface area (Å²) in [4.78, 5) is 28.5. The van der Waals surface area contributed by atoms with Gasteiger partial charge < -0.3 is 20.4 Å². The summed E-state index contributed by atoms with van der Waals surface area (Å²) in [6.45, 7) is 6.96. The number of benzene rings is 2. The zero-order valence-corrected chi connectivity index (χ0v) is 19.3. The molecule has 1 aliphatic rings. The molecule has 0 bridgehead atoms. The molecule has 31 heavy (non-hydrogen) atoms. The number of halogens is 1. The molecular formula is C23H27ClN4O2S. The number of carbonyl (C=O) groups excluding carboxylic acids is 2. The molecular weight excluding hydrogens is 432 g/mol. The normalized spacial score (nSPS) is 13.8. The van der Waals surface area contributed by atoms with Crippen LogP contribution in [-0.4, -0.2) is 48.0 Å². The molecule has 2 aromatic carbocycles. The van der Waals surface area contributed by atoms with Crippen molar-refractivity contribution >= 4 is 52.1 Å². The highest BCUT2D eigenvalue weighted by Gasteiger charge is 2.22. The summed E-state index contributed by atoms with van der Waals surface area (Å²) in [5.74, 6) is 0.0588. The van der Waals surface area contributed by atoms with Gasteiger partial charge in [0.25, 0.3) is 0 Å². The minimum absolute atomic E-state index is 0.0347. The molecule has 0 spiro atoms. The highest BCUT2D eigenvalue weighted by atomic mass is 35.5. The Bertz CT molecular complexity index is 924. The Labute approximate surface area is 193 Å². The van der Waals surface area contributed by atoms with Crippen LogP contribution < -0.4 is 15.5 Å². The van der Waals surface area contributed by atoms with E-state index in [1.54, 1.807) is 12.1 Å². The van der Waals surface area contributed by atoms with E-state index in [1.807, 2.05) is 55.1 Å². The summed E-state index contributed by atoms with van der Waals surface area (Å²) in [6, 6.07) is 15.0. The van der Waals surface area contributed by atoms with Gasteiger partial charge >= 0.3 is 0 Å². The van der Waals surface area contributed by atoms with Gasteiger partial charge in [-0.15, -0.1) is 0 Å². The Balaban J connectivity index is 1.47. The van der Waals surface area contributed by atoms with Crippen LogP contribution in [0, 0.1) is 5.92 Å². The van der Waals surface area contributed by atoms with E-state index in [-0.39, 0.29) is 29.3 Å². The summed E-state index contributed by atoms with van der Waals surface area (Å²) < 4.78 is 0. The van der Waals surface area contributed by atoms with Gasteiger partial charge in [-0.05, 0) is 54.2 Å². The molecule has 0 atom stereocenters. The van der Waals surface area contributed by atoms with Crippen LogP contribution in [0.1, 0.15) is 19.4 Å². The average molecular weight is 459 g/mol. The molecule has 1 saturated heterocycles. The van der Waals surface area contributed by atoms with Crippen LogP contribution in [0.3, 0.4) is 0 Å². The lowest BCUT2D eigenvalue weighted by Gasteiger charge is -2.37. The number of hydrogen-bond acceptors (Lipinski definition) is 4. The Morgan fingerprint density at radius 2 is 1.61 bits per heavy atom. The maximum absolute atomic E-state index is 12.2. The van der Waals surface area contributed by atoms with Gasteiger partial charge in [0.15, 0.2) is 5.11 Å². The SMILES string of the molecule is CC(C)C(=O)N1CCN(c2ccc(NC(=S)NC(=O)Cc3ccc(Cl)cc3)cc2)CC1. The monoisotopic (exact) mass is 458 g/mol. The Morgan fingerprint density at radius 1 is 1.00 bits per heavy atom. The number of piperazine rings is 1. The summed E-state index contributed by atoms with van der Waals surface area (Å²) in [6.07, 6.45) is 0.225. The fraction of sp³-hybridized carbons (Fsp3) is 0.348. The number of hydrogen-bond donors (Lipinski definition) is 2. The van der Waals surface area contributed by atoms with Crippen molar-refractivity contribution in [3.05, 3.63) is 59.1 Å². The van der Waals surface area contributed by atoms with Gasteiger partial charge in [0.1, 0.15) is 0 Å². The second-order valence-corrected chi connectivity index (χ2v) is 8.66. The molecule has 1 aliphatic heterocycles. The maximum atomic E-state index is 12.2. The topological polar surface area (TPSA) is 64.7 Å². The van der Waals surface area contributed by atoms with Gasteiger partial charge in [-0.1, -0.05) is 37.6 Å². The van der Waals surface area contributed by atoms with Gasteiger partial charge in [-0.3, -0.25) is 9.59 Å². The highest BCUT2D eigenvalue weighted by Crippen LogP contribution is 2.20. The molecule has 0 radical (unpaired) electrons. The predicted octanol–water partition coefficient (Wildman–Crippen LogP) is 3.70. The van der Waals surface area contributed by atoms with Crippen molar-refractivity contribution in [2.45, 2.75) is 20.3 Å². The van der Waals surface area contributed by atoms with Crippen molar-refractivity contribution in [1.29, 1.82) is 0 Å². The van der Waals surface area contributed by atoms with Crippen LogP contribution in [0.4, 0.5) is 11.4 Å². The van der Waals surface area contributed by atoms with Crippen LogP contribution in [0.2, 0.25) is 5.02 Å². The van der Waals surface area contributed by atoms with E-state index >= 15 is 0 Å². The Kier molecular flexibility index (Phi) is 7.87. The van der Waals surface area contributed by atoms with Crippen LogP contribution >= 0.6 is 23.8 Å². The van der Waals surface area contributed by atoms with Crippen molar-refractivity contribution < 1.29 is 9.59 Å². The highest BCUT2D eigenvalue weighted by molar-refractivity contribution is 7.80. The summed E-state index contributed by atoms with van der Waals surface area (Å²) in [5, 5.41) is 6.63. The minimum Gasteiger partial charge on any atom is -0.368 e. The van der Waals surface area contributed by atoms with Crippen LogP contribution in [0.15, 0.2) is 48.5 Å². The minimum atomic E-state index is -0.190. The summed E-state index contributed by atoms with van der Waals surface area (Å²) in [7, 11) is 0. The number of carbonyl (C=O) groups is 2. The number of thiocarbonyl (C=S) groups is 1. The number of nitrogens with one attached hydrogen (secondary N) is 2. The fourth-order valence-electron chi connectivity index (χ4n) is 3.43. The van der Waals surface area contributed by atoms with E-state index in [1.165, 1.54) is 0 Å². The first-order valence-electron chi connectivity index (χ1n) is 10.3. The standard InChI is InChI=1S/C23H27ClN4O2S/c1-16(2)22(30)28-13-11-27(12-14-28)20-9-7-19(8-10-20)25-23(31)26-21(29)15-17-3-5-18(24)6-4-17/h3-10,16H,11-15H2,1-2H3,(H2,25,26,29,31). The average Bonchev–Trinajstić information content (AvgIpc) is 2.75. The molecule has 0 aromatic heterocycles. The lowest BCUT2D eigenvalue weighted by Crippen LogP contribution is -2.49. The molecule has 2 aromatic rings. The second-order valence-electron chi connectivity index (χ2n) is 7.82. The molecule has 0 saturated carbocycles. The van der Waals surface area contributed by atoms with E-state index in [2.05, 4.69) is 15.5 Å². The number of anilines is 2. The number of nitrogens with zero attached hydrogens (tertiary/aromatic N) is 2. The molecule has 0 unspecified atom stereocenters. The molecule has 6 nitrogen and oxygen atoms in total. The first kappa shape index (κ1) is 23.0. The van der Waals surface area contributed by atoms with E-state index < -0.39 is 0 Å². The van der Waals surface area contributed by atoms with E-state index in [4.69, 9.17) is 23.8 Å². The van der Waals surface area contributed by atoms with Crippen molar-refractivity contribution in [2.75, 3.05) is 36.4 Å². The lowest BCUT2D eigenvalue weighted by molar-refractivity contribution is -0.134. The molecule has 1 fully saturated rings. The third kappa shape index (κ3) is 6.67. The fourth-order valence-corrected chi connectivity index (χ4v) is 3.78. The van der Waals surface area contributed by atoms with E-state index in [0.29, 0.717) is 5.02 Å². The molecule has 164 valence electrons. The van der Waals surface area contributed by atoms with Crippen molar-refractivity contribution in [1.82, 2.24) is 10.2 Å². The Morgan fingerprint density at radius 3 is 2.19 bits per heavy atom. The molecule has 2 amide bonds. The zero-order chi connectivity index (χ0) is 22.4. The third-order valence-electron chi connectivity index (χ3n) is 5.11. The molecule has 3 rings (SSSR count). The van der Waals surface area contributed by atoms with E-state index in [9.17, 15) is 9.59 Å². The first-order valence-corrected chi connectivity index (χ1v) is 11.1. The summed E-state index contributed by atoms with van der Waals surface area (Å²) >= 11 is 11.1. The van der Waals surface area contributed by atoms with Gasteiger partial charge in [-0.25, -0.2) is 0 Å². The van der Waals surface area contributed by atoms with Gasteiger partial charge in [-0.2, -0.15) is 0 Å². The predicted molar refractivity (Wildman–Crippen MR) is 130 cm³/mol. The molecule has 0 aliphatic carbocycles. The molecule has 1 heterocycles. The largest absolute Gasteiger partial charge is 0.368 e. The lowest BCUT2D eigenvalue weighted by atomic mass is 10.1. The van der Waals surface area contributed by atoms with E-state index in [0.717, 1.165) is 43.1 Å². The van der Waals surface area contributed by atoms with Crippen molar-refractivity contribution in [3.63, 3.8) is 0 Å². The van der Waals surface area contributed by atoms with Gasteiger partial charge in [0, 0.05) is 48.5 Å². The zero-order valence-electron chi connectivity index (χ0n) is 17.7. The molecule has 8 heteroatoms. The van der Waals surface area contributed by atoms with Crippen LogP contribution in [0.25, 0.3) is 0 Å². The van der Waals surface area contributed by atoms with Crippen molar-refractivity contribution in [3.8, 4) is 0 Å². The van der Waals surface area contributed by atoms with Crippen LogP contribution in [0.5, 0.6) is 0 Å². The second kappa shape index (κ2) is 10.6. The quantitative estimate of drug-likeness (QED) is 0.669. The third-order valence-corrected chi connectivity index (χ3v) is 5.56. The van der Waals surface area contributed by atoms with Crippen molar-refractivity contribution in [2.24, 2.45) is 5.92 Å². The smallest absolute Gasteiger partial charge is 0.230 e. The van der Waals surface area contributed by atoms with Crippen LogP contribution in [-0.2, 0) is 16.0 Å². The number of rotatable bonds is 5. The maximum Gasteiger partial charge on any atom is 0.230 e. The number of amides is 2. The Hall–Kier alpha value is -2.64. The first-order chi connectivity index (χ1) is 14.8.